The molecule has 0 spiro atoms. The van der Waals surface area contributed by atoms with Crippen LogP contribution in [-0.2, 0) is 0 Å². The number of rotatable bonds is 8. The lowest BCUT2D eigenvalue weighted by Gasteiger charge is -2.22. The van der Waals surface area contributed by atoms with Crippen LogP contribution in [0.3, 0.4) is 0 Å². The van der Waals surface area contributed by atoms with Gasteiger partial charge in [-0.1, -0.05) is 68.8 Å². The molecule has 5 rings (SSSR count). The van der Waals surface area contributed by atoms with Gasteiger partial charge in [0.25, 0.3) is 0 Å². The first-order valence-corrected chi connectivity index (χ1v) is 13.3. The van der Waals surface area contributed by atoms with Gasteiger partial charge in [0.1, 0.15) is 23.5 Å². The molecule has 0 bridgehead atoms. The van der Waals surface area contributed by atoms with E-state index in [-0.39, 0.29) is 17.6 Å². The molecule has 0 fully saturated rings. The lowest BCUT2D eigenvalue weighted by molar-refractivity contribution is 0.186. The number of benzene rings is 4. The molecule has 1 heterocycles. The smallest absolute Gasteiger partial charge is 0.130 e. The average Bonchev–Trinajstić information content (AvgIpc) is 3.34. The van der Waals surface area contributed by atoms with Crippen molar-refractivity contribution in [3.05, 3.63) is 107 Å². The molecule has 38 heavy (non-hydrogen) atoms. The van der Waals surface area contributed by atoms with Crippen LogP contribution in [0.4, 0.5) is 11.4 Å². The Morgan fingerprint density at radius 2 is 1.71 bits per heavy atom. The van der Waals surface area contributed by atoms with Crippen LogP contribution in [0.1, 0.15) is 55.7 Å². The molecule has 0 N–H and O–H groups in total. The van der Waals surface area contributed by atoms with Crippen molar-refractivity contribution >= 4 is 28.2 Å². The van der Waals surface area contributed by atoms with Gasteiger partial charge in [-0.25, -0.2) is 0 Å². The third kappa shape index (κ3) is 5.13. The van der Waals surface area contributed by atoms with Gasteiger partial charge in [-0.15, -0.1) is 0 Å². The van der Waals surface area contributed by atoms with Crippen molar-refractivity contribution in [2.75, 3.05) is 11.4 Å². The van der Waals surface area contributed by atoms with Crippen LogP contribution in [0.25, 0.3) is 16.8 Å². The molecular weight excluding hydrogens is 466 g/mol. The molecule has 188 valence electrons. The Morgan fingerprint density at radius 1 is 0.947 bits per heavy atom. The minimum atomic E-state index is 0.103. The fourth-order valence-electron chi connectivity index (χ4n) is 5.34. The third-order valence-electron chi connectivity index (χ3n) is 7.33. The van der Waals surface area contributed by atoms with Crippen molar-refractivity contribution in [3.8, 4) is 17.9 Å². The van der Waals surface area contributed by atoms with E-state index in [1.54, 1.807) is 6.08 Å². The lowest BCUT2D eigenvalue weighted by atomic mass is 9.90. The van der Waals surface area contributed by atoms with Gasteiger partial charge in [-0.2, -0.15) is 10.5 Å². The van der Waals surface area contributed by atoms with E-state index in [9.17, 15) is 10.5 Å². The fraction of sp³-hybridized carbons (Fsp3) is 0.235. The van der Waals surface area contributed by atoms with Gasteiger partial charge < -0.3 is 9.64 Å². The second-order valence-corrected chi connectivity index (χ2v) is 9.80. The first kappa shape index (κ1) is 25.1. The molecule has 4 aromatic rings. The van der Waals surface area contributed by atoms with Crippen LogP contribution in [-0.4, -0.2) is 12.6 Å². The number of allylic oxidation sites excluding steroid dienone is 1. The number of ether oxygens (including phenoxy) is 1. The number of fused-ring (bicyclic) bond motifs is 2. The Balaban J connectivity index is 1.52. The van der Waals surface area contributed by atoms with Crippen LogP contribution < -0.4 is 9.64 Å². The van der Waals surface area contributed by atoms with E-state index >= 15 is 0 Å². The molecule has 0 saturated heterocycles. The van der Waals surface area contributed by atoms with Gasteiger partial charge in [0.05, 0.1) is 6.10 Å². The zero-order valence-electron chi connectivity index (χ0n) is 21.9. The number of nitrogens with zero attached hydrogens (tertiary/aromatic N) is 3. The maximum atomic E-state index is 9.27. The first-order valence-electron chi connectivity index (χ1n) is 13.3. The van der Waals surface area contributed by atoms with E-state index in [1.165, 1.54) is 21.9 Å². The van der Waals surface area contributed by atoms with E-state index in [4.69, 9.17) is 4.74 Å². The Kier molecular flexibility index (Phi) is 7.43. The molecular formula is C34H31N3O. The Morgan fingerprint density at radius 3 is 2.42 bits per heavy atom. The molecule has 0 saturated carbocycles. The van der Waals surface area contributed by atoms with Crippen molar-refractivity contribution in [2.24, 2.45) is 0 Å². The molecule has 1 aliphatic rings. The standard InChI is InChI=1S/C34H31N3O/c1-3-7-30(4-2)38-31-15-13-29(14-16-31)37-23-33(28-12-11-26-8-5-6-9-27(26)20-28)32-19-24(10-17-34(32)37)18-25(21-35)22-36/h5-6,8-20,30,33H,3-4,7,23H2,1-2H3. The predicted molar refractivity (Wildman–Crippen MR) is 154 cm³/mol. The molecule has 0 amide bonds. The van der Waals surface area contributed by atoms with Gasteiger partial charge in [0.15, 0.2) is 0 Å². The van der Waals surface area contributed by atoms with E-state index < -0.39 is 0 Å². The van der Waals surface area contributed by atoms with Gasteiger partial charge >= 0.3 is 0 Å². The molecule has 0 aliphatic carbocycles. The summed E-state index contributed by atoms with van der Waals surface area (Å²) in [5.41, 5.74) is 5.66. The van der Waals surface area contributed by atoms with Gasteiger partial charge in [0, 0.05) is 23.8 Å². The summed E-state index contributed by atoms with van der Waals surface area (Å²) in [7, 11) is 0. The second-order valence-electron chi connectivity index (χ2n) is 9.80. The SMILES string of the molecule is CCCC(CC)Oc1ccc(N2CC(c3ccc4ccccc4c3)c3cc(C=C(C#N)C#N)ccc32)cc1. The summed E-state index contributed by atoms with van der Waals surface area (Å²) >= 11 is 0. The monoisotopic (exact) mass is 497 g/mol. The summed E-state index contributed by atoms with van der Waals surface area (Å²) in [4.78, 5) is 2.35. The summed E-state index contributed by atoms with van der Waals surface area (Å²) < 4.78 is 6.22. The molecule has 2 atom stereocenters. The average molecular weight is 498 g/mol. The number of anilines is 2. The zero-order chi connectivity index (χ0) is 26.5. The van der Waals surface area contributed by atoms with Crippen molar-refractivity contribution in [1.82, 2.24) is 0 Å². The molecule has 2 unspecified atom stereocenters. The largest absolute Gasteiger partial charge is 0.490 e. The topological polar surface area (TPSA) is 60.0 Å². The predicted octanol–water partition coefficient (Wildman–Crippen LogP) is 8.51. The van der Waals surface area contributed by atoms with Crippen molar-refractivity contribution < 1.29 is 4.74 Å². The molecule has 0 radical (unpaired) electrons. The van der Waals surface area contributed by atoms with Gasteiger partial charge in [-0.05, 0) is 82.8 Å². The highest BCUT2D eigenvalue weighted by molar-refractivity contribution is 5.84. The highest BCUT2D eigenvalue weighted by atomic mass is 16.5. The molecule has 4 nitrogen and oxygen atoms in total. The molecule has 0 aromatic heterocycles. The quantitative estimate of drug-likeness (QED) is 0.229. The molecule has 1 aliphatic heterocycles. The normalized spacial score (nSPS) is 14.8. The maximum absolute atomic E-state index is 9.27. The van der Waals surface area contributed by atoms with E-state index in [1.807, 2.05) is 18.2 Å². The number of nitriles is 2. The zero-order valence-corrected chi connectivity index (χ0v) is 21.9. The molecule has 4 aromatic carbocycles. The summed E-state index contributed by atoms with van der Waals surface area (Å²) in [5.74, 6) is 1.06. The maximum Gasteiger partial charge on any atom is 0.130 e. The number of hydrogen-bond donors (Lipinski definition) is 0. The van der Waals surface area contributed by atoms with Crippen LogP contribution >= 0.6 is 0 Å². The van der Waals surface area contributed by atoms with Crippen molar-refractivity contribution in [2.45, 2.75) is 45.1 Å². The van der Waals surface area contributed by atoms with E-state index in [0.29, 0.717) is 0 Å². The first-order chi connectivity index (χ1) is 18.6. The Labute approximate surface area is 225 Å². The summed E-state index contributed by atoms with van der Waals surface area (Å²) in [6.45, 7) is 5.16. The van der Waals surface area contributed by atoms with Gasteiger partial charge in [-0.3, -0.25) is 0 Å². The lowest BCUT2D eigenvalue weighted by Crippen LogP contribution is -2.17. The second kappa shape index (κ2) is 11.2. The summed E-state index contributed by atoms with van der Waals surface area (Å²) in [6.07, 6.45) is 5.07. The number of hydrogen-bond acceptors (Lipinski definition) is 4. The minimum absolute atomic E-state index is 0.103. The van der Waals surface area contributed by atoms with E-state index in [2.05, 4.69) is 97.6 Å². The highest BCUT2D eigenvalue weighted by Gasteiger charge is 2.31. The summed E-state index contributed by atoms with van der Waals surface area (Å²) in [5, 5.41) is 21.0. The van der Waals surface area contributed by atoms with Gasteiger partial charge in [0.2, 0.25) is 0 Å². The Hall–Kier alpha value is -4.54. The van der Waals surface area contributed by atoms with Crippen LogP contribution in [0.5, 0.6) is 5.75 Å². The van der Waals surface area contributed by atoms with E-state index in [0.717, 1.165) is 48.5 Å². The third-order valence-corrected chi connectivity index (χ3v) is 7.33. The van der Waals surface area contributed by atoms with Crippen LogP contribution in [0, 0.1) is 22.7 Å². The fourth-order valence-corrected chi connectivity index (χ4v) is 5.34. The summed E-state index contributed by atoms with van der Waals surface area (Å²) in [6, 6.07) is 33.7. The van der Waals surface area contributed by atoms with Crippen molar-refractivity contribution in [1.29, 1.82) is 10.5 Å². The molecule has 4 heteroatoms. The van der Waals surface area contributed by atoms with Crippen molar-refractivity contribution in [3.63, 3.8) is 0 Å². The van der Waals surface area contributed by atoms with Crippen LogP contribution in [0.15, 0.2) is 90.5 Å². The minimum Gasteiger partial charge on any atom is -0.490 e. The highest BCUT2D eigenvalue weighted by Crippen LogP contribution is 2.45. The van der Waals surface area contributed by atoms with Crippen LogP contribution in [0.2, 0.25) is 0 Å². The Bertz CT molecular complexity index is 1540.